The van der Waals surface area contributed by atoms with E-state index < -0.39 is 0 Å². The van der Waals surface area contributed by atoms with Crippen molar-refractivity contribution in [1.82, 2.24) is 9.55 Å². The summed E-state index contributed by atoms with van der Waals surface area (Å²) in [5.41, 5.74) is 13.6. The number of hydrogen-bond acceptors (Lipinski definition) is 3. The van der Waals surface area contributed by atoms with Crippen molar-refractivity contribution in [2.75, 3.05) is 11.1 Å². The minimum absolute atomic E-state index is 0.676. The van der Waals surface area contributed by atoms with Crippen LogP contribution in [0.15, 0.2) is 79.3 Å². The Balaban J connectivity index is 1.52. The normalized spacial score (nSPS) is 10.8. The topological polar surface area (TPSA) is 55.9 Å². The Morgan fingerprint density at radius 2 is 1.83 bits per heavy atom. The van der Waals surface area contributed by atoms with Crippen molar-refractivity contribution in [1.29, 1.82) is 0 Å². The molecule has 0 aliphatic rings. The molecule has 0 atom stereocenters. The molecule has 4 rings (SSSR count). The lowest BCUT2D eigenvalue weighted by Gasteiger charge is -2.13. The van der Waals surface area contributed by atoms with Crippen LogP contribution >= 0.6 is 11.6 Å². The third kappa shape index (κ3) is 4.61. The summed E-state index contributed by atoms with van der Waals surface area (Å²) in [5.74, 6) is 0. The van der Waals surface area contributed by atoms with E-state index in [0.717, 1.165) is 44.3 Å². The van der Waals surface area contributed by atoms with E-state index in [9.17, 15) is 0 Å². The summed E-state index contributed by atoms with van der Waals surface area (Å²) < 4.78 is 2.14. The van der Waals surface area contributed by atoms with E-state index in [1.807, 2.05) is 68.0 Å². The molecule has 0 saturated carbocycles. The Kier molecular flexibility index (Phi) is 5.54. The number of imidazole rings is 1. The molecule has 0 aliphatic heterocycles. The zero-order chi connectivity index (χ0) is 20.2. The second-order valence-corrected chi connectivity index (χ2v) is 7.57. The maximum atomic E-state index is 6.18. The van der Waals surface area contributed by atoms with Gasteiger partial charge in [0.25, 0.3) is 0 Å². The molecule has 0 unspecified atom stereocenters. The SMILES string of the molecule is Cc1cc(NCc2cncn2Cc2cc(N)cc(-c3ccccc3)c2)ccc1Cl. The molecular weight excluding hydrogens is 380 g/mol. The number of rotatable bonds is 6. The van der Waals surface area contributed by atoms with Crippen molar-refractivity contribution in [3.63, 3.8) is 0 Å². The first-order valence-corrected chi connectivity index (χ1v) is 9.90. The number of anilines is 2. The maximum absolute atomic E-state index is 6.18. The van der Waals surface area contributed by atoms with Crippen molar-refractivity contribution >= 4 is 23.0 Å². The van der Waals surface area contributed by atoms with E-state index in [0.29, 0.717) is 13.1 Å². The summed E-state index contributed by atoms with van der Waals surface area (Å²) in [6.45, 7) is 3.39. The van der Waals surface area contributed by atoms with Gasteiger partial charge < -0.3 is 15.6 Å². The summed E-state index contributed by atoms with van der Waals surface area (Å²) >= 11 is 6.11. The van der Waals surface area contributed by atoms with Crippen molar-refractivity contribution < 1.29 is 0 Å². The number of aryl methyl sites for hydroxylation is 1. The Labute approximate surface area is 176 Å². The Morgan fingerprint density at radius 1 is 1.00 bits per heavy atom. The number of benzene rings is 3. The fourth-order valence-electron chi connectivity index (χ4n) is 3.39. The number of nitrogens with two attached hydrogens (primary N) is 1. The molecule has 0 spiro atoms. The minimum atomic E-state index is 0.676. The largest absolute Gasteiger partial charge is 0.399 e. The van der Waals surface area contributed by atoms with E-state index in [1.54, 1.807) is 0 Å². The highest BCUT2D eigenvalue weighted by Crippen LogP contribution is 2.24. The van der Waals surface area contributed by atoms with Gasteiger partial charge in [-0.3, -0.25) is 0 Å². The number of nitrogens with zero attached hydrogens (tertiary/aromatic N) is 2. The molecule has 0 amide bonds. The number of hydrogen-bond donors (Lipinski definition) is 2. The van der Waals surface area contributed by atoms with Gasteiger partial charge in [-0.1, -0.05) is 41.9 Å². The molecule has 0 bridgehead atoms. The average Bonchev–Trinajstić information content (AvgIpc) is 3.16. The monoisotopic (exact) mass is 402 g/mol. The highest BCUT2D eigenvalue weighted by Gasteiger charge is 2.07. The summed E-state index contributed by atoms with van der Waals surface area (Å²) in [5, 5.41) is 4.22. The average molecular weight is 403 g/mol. The van der Waals surface area contributed by atoms with Gasteiger partial charge in [0.2, 0.25) is 0 Å². The minimum Gasteiger partial charge on any atom is -0.399 e. The van der Waals surface area contributed by atoms with E-state index in [-0.39, 0.29) is 0 Å². The van der Waals surface area contributed by atoms with Crippen LogP contribution in [0.2, 0.25) is 5.02 Å². The van der Waals surface area contributed by atoms with Crippen LogP contribution in [0.5, 0.6) is 0 Å². The van der Waals surface area contributed by atoms with Crippen LogP contribution in [0.3, 0.4) is 0 Å². The van der Waals surface area contributed by atoms with Gasteiger partial charge in [-0.15, -0.1) is 0 Å². The Morgan fingerprint density at radius 3 is 2.62 bits per heavy atom. The van der Waals surface area contributed by atoms with Crippen molar-refractivity contribution in [3.8, 4) is 11.1 Å². The second kappa shape index (κ2) is 8.41. The highest BCUT2D eigenvalue weighted by atomic mass is 35.5. The number of halogens is 1. The van der Waals surface area contributed by atoms with Gasteiger partial charge in [0.05, 0.1) is 18.6 Å². The van der Waals surface area contributed by atoms with E-state index in [1.165, 1.54) is 0 Å². The third-order valence-corrected chi connectivity index (χ3v) is 5.33. The summed E-state index contributed by atoms with van der Waals surface area (Å²) in [6, 6.07) is 22.5. The van der Waals surface area contributed by atoms with Gasteiger partial charge in [0.15, 0.2) is 0 Å². The van der Waals surface area contributed by atoms with Gasteiger partial charge in [0, 0.05) is 29.1 Å². The first-order valence-electron chi connectivity index (χ1n) is 9.52. The van der Waals surface area contributed by atoms with Crippen LogP contribution in [0.1, 0.15) is 16.8 Å². The molecule has 0 saturated heterocycles. The van der Waals surface area contributed by atoms with Crippen LogP contribution in [-0.2, 0) is 13.1 Å². The van der Waals surface area contributed by atoms with Crippen molar-refractivity contribution in [2.45, 2.75) is 20.0 Å². The zero-order valence-corrected chi connectivity index (χ0v) is 17.0. The Hall–Kier alpha value is -3.24. The predicted octanol–water partition coefficient (Wildman–Crippen LogP) is 5.75. The van der Waals surface area contributed by atoms with Crippen LogP contribution in [0, 0.1) is 6.92 Å². The fraction of sp³-hybridized carbons (Fsp3) is 0.125. The molecule has 1 aromatic heterocycles. The van der Waals surface area contributed by atoms with Gasteiger partial charge >= 0.3 is 0 Å². The number of nitrogen functional groups attached to an aromatic ring is 1. The summed E-state index contributed by atoms with van der Waals surface area (Å²) in [6.07, 6.45) is 3.75. The first kappa shape index (κ1) is 19.1. The van der Waals surface area contributed by atoms with E-state index >= 15 is 0 Å². The van der Waals surface area contributed by atoms with E-state index in [4.69, 9.17) is 17.3 Å². The molecule has 146 valence electrons. The molecule has 5 heteroatoms. The molecule has 1 heterocycles. The summed E-state index contributed by atoms with van der Waals surface area (Å²) in [7, 11) is 0. The lowest BCUT2D eigenvalue weighted by molar-refractivity contribution is 0.750. The lowest BCUT2D eigenvalue weighted by atomic mass is 10.0. The molecule has 0 fully saturated rings. The van der Waals surface area contributed by atoms with Gasteiger partial charge in [-0.2, -0.15) is 0 Å². The lowest BCUT2D eigenvalue weighted by Crippen LogP contribution is -2.08. The van der Waals surface area contributed by atoms with Crippen LogP contribution < -0.4 is 11.1 Å². The Bertz CT molecular complexity index is 1120. The maximum Gasteiger partial charge on any atom is 0.0951 e. The molecule has 0 radical (unpaired) electrons. The van der Waals surface area contributed by atoms with Crippen LogP contribution in [0.4, 0.5) is 11.4 Å². The van der Waals surface area contributed by atoms with Crippen molar-refractivity contribution in [2.24, 2.45) is 0 Å². The van der Waals surface area contributed by atoms with Gasteiger partial charge in [0.1, 0.15) is 0 Å². The standard InChI is InChI=1S/C24H23ClN4/c1-17-9-22(7-8-24(17)25)28-14-23-13-27-16-29(23)15-18-10-20(12-21(26)11-18)19-5-3-2-4-6-19/h2-13,16,28H,14-15,26H2,1H3. The van der Waals surface area contributed by atoms with E-state index in [2.05, 4.69) is 33.1 Å². The van der Waals surface area contributed by atoms with Gasteiger partial charge in [-0.05, 0) is 65.6 Å². The number of nitrogens with one attached hydrogen (secondary N) is 1. The molecule has 4 aromatic rings. The number of aromatic nitrogens is 2. The second-order valence-electron chi connectivity index (χ2n) is 7.16. The molecule has 29 heavy (non-hydrogen) atoms. The quantitative estimate of drug-likeness (QED) is 0.403. The zero-order valence-electron chi connectivity index (χ0n) is 16.3. The molecule has 3 N–H and O–H groups in total. The predicted molar refractivity (Wildman–Crippen MR) is 121 cm³/mol. The molecule has 4 nitrogen and oxygen atoms in total. The van der Waals surface area contributed by atoms with Crippen LogP contribution in [-0.4, -0.2) is 9.55 Å². The molecule has 3 aromatic carbocycles. The first-order chi connectivity index (χ1) is 14.1. The third-order valence-electron chi connectivity index (χ3n) is 4.91. The summed E-state index contributed by atoms with van der Waals surface area (Å²) in [4.78, 5) is 4.34. The van der Waals surface area contributed by atoms with Crippen molar-refractivity contribution in [3.05, 3.63) is 101 Å². The fourth-order valence-corrected chi connectivity index (χ4v) is 3.51. The molecule has 0 aliphatic carbocycles. The van der Waals surface area contributed by atoms with Gasteiger partial charge in [-0.25, -0.2) is 4.98 Å². The van der Waals surface area contributed by atoms with Crippen LogP contribution in [0.25, 0.3) is 11.1 Å². The smallest absolute Gasteiger partial charge is 0.0951 e. The molecular formula is C24H23ClN4. The highest BCUT2D eigenvalue weighted by molar-refractivity contribution is 6.31.